The summed E-state index contributed by atoms with van der Waals surface area (Å²) < 4.78 is 13.1. The lowest BCUT2D eigenvalue weighted by Gasteiger charge is -2.09. The number of fused-ring (bicyclic) bond motifs is 1. The van der Waals surface area contributed by atoms with Crippen LogP contribution in [0.25, 0.3) is 28.1 Å². The predicted molar refractivity (Wildman–Crippen MR) is 86.6 cm³/mol. The number of allylic oxidation sites excluding steroid dienone is 1. The first-order chi connectivity index (χ1) is 10.2. The van der Waals surface area contributed by atoms with Crippen LogP contribution in [-0.4, -0.2) is 4.98 Å². The molecule has 0 aliphatic carbocycles. The minimum atomic E-state index is -0.226. The molecule has 3 aromatic rings. The smallest absolute Gasteiger partial charge is 0.123 e. The average molecular weight is 277 g/mol. The number of halogens is 1. The number of hydrogen-bond donors (Lipinski definition) is 0. The number of hydrogen-bond acceptors (Lipinski definition) is 1. The molecule has 0 unspecified atom stereocenters. The summed E-state index contributed by atoms with van der Waals surface area (Å²) in [5, 5.41) is 1.09. The average Bonchev–Trinajstić information content (AvgIpc) is 2.48. The first-order valence-corrected chi connectivity index (χ1v) is 6.97. The van der Waals surface area contributed by atoms with Gasteiger partial charge in [-0.2, -0.15) is 0 Å². The summed E-state index contributed by atoms with van der Waals surface area (Å²) in [5.41, 5.74) is 5.07. The third-order valence-corrected chi connectivity index (χ3v) is 3.48. The molecule has 0 aliphatic rings. The van der Waals surface area contributed by atoms with E-state index >= 15 is 0 Å². The summed E-state index contributed by atoms with van der Waals surface area (Å²) in [4.78, 5) is 4.74. The normalized spacial score (nSPS) is 11.4. The summed E-state index contributed by atoms with van der Waals surface area (Å²) in [7, 11) is 0. The molecule has 0 saturated heterocycles. The Morgan fingerprint density at radius 3 is 2.48 bits per heavy atom. The molecule has 3 rings (SSSR count). The zero-order valence-corrected chi connectivity index (χ0v) is 12.1. The van der Waals surface area contributed by atoms with Crippen molar-refractivity contribution < 1.29 is 4.39 Å². The van der Waals surface area contributed by atoms with E-state index in [0.717, 1.165) is 27.7 Å². The highest BCUT2D eigenvalue weighted by Gasteiger charge is 2.07. The number of rotatable bonds is 2. The molecule has 0 fully saturated rings. The quantitative estimate of drug-likeness (QED) is 0.612. The number of aromatic nitrogens is 1. The molecule has 2 heteroatoms. The molecule has 0 amide bonds. The van der Waals surface area contributed by atoms with Crippen molar-refractivity contribution in [3.05, 3.63) is 71.7 Å². The topological polar surface area (TPSA) is 12.9 Å². The summed E-state index contributed by atoms with van der Waals surface area (Å²) in [6, 6.07) is 14.9. The van der Waals surface area contributed by atoms with Gasteiger partial charge in [0.2, 0.25) is 0 Å². The van der Waals surface area contributed by atoms with Crippen molar-refractivity contribution in [2.24, 2.45) is 0 Å². The van der Waals surface area contributed by atoms with Gasteiger partial charge < -0.3 is 0 Å². The van der Waals surface area contributed by atoms with Crippen molar-refractivity contribution >= 4 is 17.0 Å². The Hall–Kier alpha value is -2.48. The van der Waals surface area contributed by atoms with Crippen molar-refractivity contribution in [3.63, 3.8) is 0 Å². The molecule has 0 N–H and O–H groups in total. The standard InChI is InChI=1S/C19H16FN/c1-3-4-18-17(14-7-9-16(20)10-8-14)12-15-6-5-13(2)11-19(15)21-18/h3-12H,1-2H3. The summed E-state index contributed by atoms with van der Waals surface area (Å²) in [6.45, 7) is 4.03. The predicted octanol–water partition coefficient (Wildman–Crippen LogP) is 5.38. The van der Waals surface area contributed by atoms with Gasteiger partial charge in [0.15, 0.2) is 0 Å². The van der Waals surface area contributed by atoms with Gasteiger partial charge in [-0.3, -0.25) is 0 Å². The van der Waals surface area contributed by atoms with Crippen LogP contribution in [0.3, 0.4) is 0 Å². The van der Waals surface area contributed by atoms with Gasteiger partial charge in [-0.05, 0) is 55.3 Å². The largest absolute Gasteiger partial charge is 0.248 e. The van der Waals surface area contributed by atoms with Crippen LogP contribution in [0.4, 0.5) is 4.39 Å². The first-order valence-electron chi connectivity index (χ1n) is 6.97. The highest BCUT2D eigenvalue weighted by atomic mass is 19.1. The molecule has 1 heterocycles. The van der Waals surface area contributed by atoms with Crippen molar-refractivity contribution in [1.29, 1.82) is 0 Å². The highest BCUT2D eigenvalue weighted by Crippen LogP contribution is 2.28. The molecule has 104 valence electrons. The van der Waals surface area contributed by atoms with Crippen LogP contribution in [-0.2, 0) is 0 Å². The minimum Gasteiger partial charge on any atom is -0.248 e. The first kappa shape index (κ1) is 13.5. The Bertz CT molecular complexity index is 817. The second-order valence-corrected chi connectivity index (χ2v) is 5.12. The van der Waals surface area contributed by atoms with E-state index in [0.29, 0.717) is 0 Å². The second-order valence-electron chi connectivity index (χ2n) is 5.12. The molecule has 1 aromatic heterocycles. The van der Waals surface area contributed by atoms with Gasteiger partial charge in [-0.15, -0.1) is 0 Å². The second kappa shape index (κ2) is 5.49. The molecule has 0 bridgehead atoms. The lowest BCUT2D eigenvalue weighted by Crippen LogP contribution is -1.91. The maximum atomic E-state index is 13.1. The van der Waals surface area contributed by atoms with E-state index in [1.165, 1.54) is 17.7 Å². The highest BCUT2D eigenvalue weighted by molar-refractivity contribution is 5.88. The van der Waals surface area contributed by atoms with Gasteiger partial charge in [0.05, 0.1) is 11.2 Å². The van der Waals surface area contributed by atoms with Crippen LogP contribution in [0.2, 0.25) is 0 Å². The van der Waals surface area contributed by atoms with Crippen LogP contribution in [0, 0.1) is 12.7 Å². The Morgan fingerprint density at radius 1 is 1.00 bits per heavy atom. The molecule has 0 radical (unpaired) electrons. The fourth-order valence-corrected chi connectivity index (χ4v) is 2.44. The lowest BCUT2D eigenvalue weighted by atomic mass is 10.0. The van der Waals surface area contributed by atoms with E-state index in [4.69, 9.17) is 4.98 Å². The number of aryl methyl sites for hydroxylation is 1. The van der Waals surface area contributed by atoms with Crippen LogP contribution in [0.1, 0.15) is 18.2 Å². The van der Waals surface area contributed by atoms with Gasteiger partial charge in [-0.25, -0.2) is 9.37 Å². The van der Waals surface area contributed by atoms with E-state index in [1.54, 1.807) is 12.1 Å². The summed E-state index contributed by atoms with van der Waals surface area (Å²) in [5.74, 6) is -0.226. The maximum Gasteiger partial charge on any atom is 0.123 e. The monoisotopic (exact) mass is 277 g/mol. The summed E-state index contributed by atoms with van der Waals surface area (Å²) in [6.07, 6.45) is 3.96. The van der Waals surface area contributed by atoms with Crippen molar-refractivity contribution in [1.82, 2.24) is 4.98 Å². The fraction of sp³-hybridized carbons (Fsp3) is 0.105. The lowest BCUT2D eigenvalue weighted by molar-refractivity contribution is 0.628. The molecule has 21 heavy (non-hydrogen) atoms. The fourth-order valence-electron chi connectivity index (χ4n) is 2.44. The Kier molecular flexibility index (Phi) is 3.53. The van der Waals surface area contributed by atoms with E-state index in [1.807, 2.05) is 19.1 Å². The van der Waals surface area contributed by atoms with Crippen LogP contribution in [0.5, 0.6) is 0 Å². The number of nitrogens with zero attached hydrogens (tertiary/aromatic N) is 1. The molecule has 1 nitrogen and oxygen atoms in total. The van der Waals surface area contributed by atoms with Crippen molar-refractivity contribution in [2.75, 3.05) is 0 Å². The molecular weight excluding hydrogens is 261 g/mol. The summed E-state index contributed by atoms with van der Waals surface area (Å²) >= 11 is 0. The van der Waals surface area contributed by atoms with Crippen LogP contribution >= 0.6 is 0 Å². The van der Waals surface area contributed by atoms with Gasteiger partial charge in [0.1, 0.15) is 5.82 Å². The number of benzene rings is 2. The Balaban J connectivity index is 2.26. The van der Waals surface area contributed by atoms with E-state index in [2.05, 4.69) is 31.2 Å². The van der Waals surface area contributed by atoms with Crippen molar-refractivity contribution in [3.8, 4) is 11.1 Å². The van der Waals surface area contributed by atoms with Gasteiger partial charge in [0.25, 0.3) is 0 Å². The van der Waals surface area contributed by atoms with Gasteiger partial charge in [0, 0.05) is 10.9 Å². The van der Waals surface area contributed by atoms with E-state index < -0.39 is 0 Å². The van der Waals surface area contributed by atoms with Crippen molar-refractivity contribution in [2.45, 2.75) is 13.8 Å². The van der Waals surface area contributed by atoms with Gasteiger partial charge >= 0.3 is 0 Å². The van der Waals surface area contributed by atoms with Crippen LogP contribution < -0.4 is 0 Å². The Morgan fingerprint density at radius 2 is 1.76 bits per heavy atom. The van der Waals surface area contributed by atoms with E-state index in [-0.39, 0.29) is 5.82 Å². The zero-order chi connectivity index (χ0) is 14.8. The third kappa shape index (κ3) is 2.70. The molecule has 2 aromatic carbocycles. The molecular formula is C19H16FN. The molecule has 0 saturated carbocycles. The SMILES string of the molecule is CC=Cc1nc2cc(C)ccc2cc1-c1ccc(F)cc1. The minimum absolute atomic E-state index is 0.226. The zero-order valence-electron chi connectivity index (χ0n) is 12.1. The molecule has 0 atom stereocenters. The third-order valence-electron chi connectivity index (χ3n) is 3.48. The van der Waals surface area contributed by atoms with Gasteiger partial charge in [-0.1, -0.05) is 30.3 Å². The molecule has 0 aliphatic heterocycles. The number of pyridine rings is 1. The van der Waals surface area contributed by atoms with E-state index in [9.17, 15) is 4.39 Å². The maximum absolute atomic E-state index is 13.1. The Labute approximate surface area is 123 Å². The van der Waals surface area contributed by atoms with Crippen LogP contribution in [0.15, 0.2) is 54.6 Å². The molecule has 0 spiro atoms.